The minimum Gasteiger partial charge on any atom is -0.340 e. The van der Waals surface area contributed by atoms with Crippen molar-refractivity contribution in [3.63, 3.8) is 0 Å². The number of hydrogen-bond donors (Lipinski definition) is 0. The summed E-state index contributed by atoms with van der Waals surface area (Å²) in [6.45, 7) is 5.90. The molecule has 0 aliphatic carbocycles. The van der Waals surface area contributed by atoms with Crippen molar-refractivity contribution in [3.05, 3.63) is 60.1 Å². The second kappa shape index (κ2) is 9.34. The highest BCUT2D eigenvalue weighted by molar-refractivity contribution is 5.97. The Morgan fingerprint density at radius 3 is 2.77 bits per heavy atom. The van der Waals surface area contributed by atoms with E-state index in [0.29, 0.717) is 17.3 Å². The molecule has 1 aliphatic rings. The van der Waals surface area contributed by atoms with E-state index in [0.717, 1.165) is 51.9 Å². The predicted molar refractivity (Wildman–Crippen MR) is 116 cm³/mol. The molecule has 7 heteroatoms. The van der Waals surface area contributed by atoms with Crippen LogP contribution in [0.15, 0.2) is 43.1 Å². The fourth-order valence-electron chi connectivity index (χ4n) is 4.22. The normalized spacial score (nSPS) is 15.5. The Morgan fingerprint density at radius 2 is 2.03 bits per heavy atom. The SMILES string of the molecule is CCCCN(C)C(=O)c1ncn2c(C3CCN(Cc4cccnc4)CC3)ccnc12. The summed E-state index contributed by atoms with van der Waals surface area (Å²) in [6, 6.07) is 6.20. The number of carbonyl (C=O) groups excluding carboxylic acids is 1. The van der Waals surface area contributed by atoms with Gasteiger partial charge in [0.25, 0.3) is 5.91 Å². The van der Waals surface area contributed by atoms with Crippen LogP contribution in [0.5, 0.6) is 0 Å². The summed E-state index contributed by atoms with van der Waals surface area (Å²) in [5.74, 6) is 0.387. The quantitative estimate of drug-likeness (QED) is 0.602. The standard InChI is InChI=1S/C23H30N6O/c1-3-4-12-27(2)23(30)21-22-25-11-7-20(29(22)17-26-21)19-8-13-28(14-9-19)16-18-6-5-10-24-15-18/h5-7,10-11,15,17,19H,3-4,8-9,12-14,16H2,1-2H3. The summed E-state index contributed by atoms with van der Waals surface area (Å²) in [4.78, 5) is 30.2. The van der Waals surface area contributed by atoms with Gasteiger partial charge in [0.2, 0.25) is 0 Å². The van der Waals surface area contributed by atoms with Crippen LogP contribution in [-0.2, 0) is 6.54 Å². The molecular weight excluding hydrogens is 376 g/mol. The summed E-state index contributed by atoms with van der Waals surface area (Å²) in [5.41, 5.74) is 3.57. The van der Waals surface area contributed by atoms with Crippen molar-refractivity contribution in [2.75, 3.05) is 26.7 Å². The molecule has 0 bridgehead atoms. The van der Waals surface area contributed by atoms with Gasteiger partial charge >= 0.3 is 0 Å². The van der Waals surface area contributed by atoms with Crippen LogP contribution >= 0.6 is 0 Å². The molecule has 0 N–H and O–H groups in total. The molecule has 0 unspecified atom stereocenters. The van der Waals surface area contributed by atoms with E-state index < -0.39 is 0 Å². The maximum Gasteiger partial charge on any atom is 0.276 e. The molecule has 158 valence electrons. The second-order valence-corrected chi connectivity index (χ2v) is 8.15. The van der Waals surface area contributed by atoms with E-state index in [4.69, 9.17) is 0 Å². The van der Waals surface area contributed by atoms with Crippen molar-refractivity contribution in [1.29, 1.82) is 0 Å². The Kier molecular flexibility index (Phi) is 6.38. The average molecular weight is 407 g/mol. The van der Waals surface area contributed by atoms with E-state index in [1.165, 1.54) is 11.3 Å². The number of unbranched alkanes of at least 4 members (excludes halogenated alkanes) is 1. The second-order valence-electron chi connectivity index (χ2n) is 8.15. The maximum atomic E-state index is 12.8. The number of pyridine rings is 1. The van der Waals surface area contributed by atoms with Gasteiger partial charge in [-0.15, -0.1) is 0 Å². The number of carbonyl (C=O) groups is 1. The van der Waals surface area contributed by atoms with Crippen LogP contribution in [0.4, 0.5) is 0 Å². The monoisotopic (exact) mass is 406 g/mol. The lowest BCUT2D eigenvalue weighted by Gasteiger charge is -2.32. The fraction of sp³-hybridized carbons (Fsp3) is 0.478. The number of amides is 1. The first-order chi connectivity index (χ1) is 14.7. The number of nitrogens with zero attached hydrogens (tertiary/aromatic N) is 6. The van der Waals surface area contributed by atoms with Crippen molar-refractivity contribution in [2.45, 2.75) is 45.1 Å². The fourth-order valence-corrected chi connectivity index (χ4v) is 4.22. The minimum absolute atomic E-state index is 0.0538. The predicted octanol–water partition coefficient (Wildman–Crippen LogP) is 3.38. The van der Waals surface area contributed by atoms with E-state index in [2.05, 4.69) is 38.9 Å². The molecule has 4 heterocycles. The topological polar surface area (TPSA) is 66.6 Å². The molecule has 1 amide bonds. The number of piperidine rings is 1. The molecule has 0 saturated carbocycles. The highest BCUT2D eigenvalue weighted by Crippen LogP contribution is 2.29. The molecule has 0 aromatic carbocycles. The van der Waals surface area contributed by atoms with Gasteiger partial charge in [-0.3, -0.25) is 19.1 Å². The summed E-state index contributed by atoms with van der Waals surface area (Å²) < 4.78 is 2.02. The lowest BCUT2D eigenvalue weighted by Crippen LogP contribution is -2.33. The number of fused-ring (bicyclic) bond motifs is 1. The van der Waals surface area contributed by atoms with Crippen LogP contribution in [-0.4, -0.2) is 61.7 Å². The average Bonchev–Trinajstić information content (AvgIpc) is 3.22. The molecule has 30 heavy (non-hydrogen) atoms. The summed E-state index contributed by atoms with van der Waals surface area (Å²) in [6.07, 6.45) is 11.6. The molecule has 3 aromatic heterocycles. The van der Waals surface area contributed by atoms with E-state index in [1.54, 1.807) is 11.2 Å². The number of likely N-dealkylation sites (tertiary alicyclic amines) is 1. The van der Waals surface area contributed by atoms with Crippen LogP contribution in [0.25, 0.3) is 5.65 Å². The van der Waals surface area contributed by atoms with Gasteiger partial charge in [0, 0.05) is 50.3 Å². The van der Waals surface area contributed by atoms with Crippen LogP contribution in [0.2, 0.25) is 0 Å². The molecule has 4 rings (SSSR count). The number of rotatable bonds is 7. The van der Waals surface area contributed by atoms with Gasteiger partial charge in [0.15, 0.2) is 11.3 Å². The molecule has 0 spiro atoms. The Hall–Kier alpha value is -2.80. The van der Waals surface area contributed by atoms with Crippen molar-refractivity contribution >= 4 is 11.6 Å². The van der Waals surface area contributed by atoms with Gasteiger partial charge in [-0.05, 0) is 50.0 Å². The highest BCUT2D eigenvalue weighted by atomic mass is 16.2. The third kappa shape index (κ3) is 4.36. The van der Waals surface area contributed by atoms with Crippen molar-refractivity contribution in [3.8, 4) is 0 Å². The molecule has 7 nitrogen and oxygen atoms in total. The largest absolute Gasteiger partial charge is 0.340 e. The van der Waals surface area contributed by atoms with E-state index in [1.807, 2.05) is 36.1 Å². The molecule has 0 atom stereocenters. The maximum absolute atomic E-state index is 12.8. The minimum atomic E-state index is -0.0538. The number of hydrogen-bond acceptors (Lipinski definition) is 5. The summed E-state index contributed by atoms with van der Waals surface area (Å²) in [7, 11) is 1.84. The van der Waals surface area contributed by atoms with Gasteiger partial charge in [-0.1, -0.05) is 19.4 Å². The van der Waals surface area contributed by atoms with Crippen LogP contribution < -0.4 is 0 Å². The Labute approximate surface area is 177 Å². The van der Waals surface area contributed by atoms with Crippen LogP contribution in [0.3, 0.4) is 0 Å². The number of aromatic nitrogens is 4. The number of imidazole rings is 1. The Morgan fingerprint density at radius 1 is 1.20 bits per heavy atom. The van der Waals surface area contributed by atoms with Crippen molar-refractivity contribution < 1.29 is 4.79 Å². The highest BCUT2D eigenvalue weighted by Gasteiger charge is 2.25. The van der Waals surface area contributed by atoms with Gasteiger partial charge in [-0.2, -0.15) is 0 Å². The van der Waals surface area contributed by atoms with Crippen LogP contribution in [0, 0.1) is 0 Å². The molecular formula is C23H30N6O. The van der Waals surface area contributed by atoms with Crippen molar-refractivity contribution in [2.24, 2.45) is 0 Å². The van der Waals surface area contributed by atoms with E-state index in [9.17, 15) is 4.79 Å². The first-order valence-electron chi connectivity index (χ1n) is 10.9. The van der Waals surface area contributed by atoms with Gasteiger partial charge in [0.1, 0.15) is 6.33 Å². The van der Waals surface area contributed by atoms with Crippen molar-refractivity contribution in [1.82, 2.24) is 29.2 Å². The molecule has 3 aromatic rings. The third-order valence-corrected chi connectivity index (χ3v) is 5.99. The first-order valence-corrected chi connectivity index (χ1v) is 10.9. The van der Waals surface area contributed by atoms with Crippen LogP contribution in [0.1, 0.15) is 60.3 Å². The third-order valence-electron chi connectivity index (χ3n) is 5.99. The van der Waals surface area contributed by atoms with Gasteiger partial charge < -0.3 is 4.90 Å². The summed E-state index contributed by atoms with van der Waals surface area (Å²) >= 11 is 0. The molecule has 1 saturated heterocycles. The van der Waals surface area contributed by atoms with E-state index >= 15 is 0 Å². The lowest BCUT2D eigenvalue weighted by atomic mass is 9.93. The first kappa shape index (κ1) is 20.5. The summed E-state index contributed by atoms with van der Waals surface area (Å²) in [5, 5.41) is 0. The molecule has 1 aliphatic heterocycles. The van der Waals surface area contributed by atoms with E-state index in [-0.39, 0.29) is 5.91 Å². The Bertz CT molecular complexity index is 978. The smallest absolute Gasteiger partial charge is 0.276 e. The zero-order valence-corrected chi connectivity index (χ0v) is 17.9. The zero-order valence-electron chi connectivity index (χ0n) is 17.9. The lowest BCUT2D eigenvalue weighted by molar-refractivity contribution is 0.0790. The molecule has 0 radical (unpaired) electrons. The molecule has 1 fully saturated rings. The zero-order chi connectivity index (χ0) is 20.9. The van der Waals surface area contributed by atoms with Gasteiger partial charge in [0.05, 0.1) is 0 Å². The Balaban J connectivity index is 1.46. The van der Waals surface area contributed by atoms with Gasteiger partial charge in [-0.25, -0.2) is 9.97 Å².